The Hall–Kier alpha value is -1.20. The highest BCUT2D eigenvalue weighted by molar-refractivity contribution is 5.44. The first-order valence-corrected chi connectivity index (χ1v) is 6.08. The number of aliphatic hydroxyl groups is 1. The molecule has 0 saturated heterocycles. The topological polar surface area (TPSA) is 41.5 Å². The highest BCUT2D eigenvalue weighted by Gasteiger charge is 2.07. The molecule has 18 heavy (non-hydrogen) atoms. The lowest BCUT2D eigenvalue weighted by Crippen LogP contribution is -2.25. The Labute approximate surface area is 106 Å². The van der Waals surface area contributed by atoms with Gasteiger partial charge in [-0.25, -0.2) is 8.78 Å². The van der Waals surface area contributed by atoms with Crippen molar-refractivity contribution < 1.29 is 18.6 Å². The molecule has 0 aliphatic heterocycles. The molecule has 0 aromatic heterocycles. The van der Waals surface area contributed by atoms with Gasteiger partial charge in [-0.05, 0) is 24.6 Å². The molecule has 3 nitrogen and oxygen atoms in total. The SMILES string of the molecule is CCCCOCC(O)CNc1cc(F)ccc1F. The number of ether oxygens (including phenoxy) is 1. The predicted molar refractivity (Wildman–Crippen MR) is 66.6 cm³/mol. The third-order valence-electron chi connectivity index (χ3n) is 2.41. The van der Waals surface area contributed by atoms with Crippen molar-refractivity contribution in [3.05, 3.63) is 29.8 Å². The molecule has 0 amide bonds. The summed E-state index contributed by atoms with van der Waals surface area (Å²) >= 11 is 0. The maximum absolute atomic E-state index is 13.2. The largest absolute Gasteiger partial charge is 0.389 e. The second kappa shape index (κ2) is 8.00. The molecule has 0 aliphatic carbocycles. The van der Waals surface area contributed by atoms with E-state index >= 15 is 0 Å². The molecular weight excluding hydrogens is 240 g/mol. The molecule has 1 rings (SSSR count). The molecular formula is C13H19F2NO2. The molecule has 1 aromatic carbocycles. The summed E-state index contributed by atoms with van der Waals surface area (Å²) in [6, 6.07) is 3.15. The van der Waals surface area contributed by atoms with E-state index in [1.54, 1.807) is 0 Å². The Morgan fingerprint density at radius 1 is 1.39 bits per heavy atom. The van der Waals surface area contributed by atoms with Crippen LogP contribution in [0.2, 0.25) is 0 Å². The smallest absolute Gasteiger partial charge is 0.146 e. The standard InChI is InChI=1S/C13H19F2NO2/c1-2-3-6-18-9-11(17)8-16-13-7-10(14)4-5-12(13)15/h4-5,7,11,16-17H,2-3,6,8-9H2,1H3. The summed E-state index contributed by atoms with van der Waals surface area (Å²) in [5.74, 6) is -1.07. The highest BCUT2D eigenvalue weighted by atomic mass is 19.1. The number of nitrogens with one attached hydrogen (secondary N) is 1. The zero-order valence-corrected chi connectivity index (χ0v) is 10.5. The lowest BCUT2D eigenvalue weighted by atomic mass is 10.2. The van der Waals surface area contributed by atoms with Crippen LogP contribution in [0, 0.1) is 11.6 Å². The van der Waals surface area contributed by atoms with E-state index in [1.807, 2.05) is 6.92 Å². The number of halogens is 2. The van der Waals surface area contributed by atoms with Crippen molar-refractivity contribution in [2.24, 2.45) is 0 Å². The lowest BCUT2D eigenvalue weighted by Gasteiger charge is -2.13. The maximum Gasteiger partial charge on any atom is 0.146 e. The van der Waals surface area contributed by atoms with Gasteiger partial charge in [0.15, 0.2) is 0 Å². The van der Waals surface area contributed by atoms with Crippen LogP contribution < -0.4 is 5.32 Å². The van der Waals surface area contributed by atoms with E-state index in [9.17, 15) is 13.9 Å². The van der Waals surface area contributed by atoms with Crippen LogP contribution in [0.25, 0.3) is 0 Å². The van der Waals surface area contributed by atoms with Crippen LogP contribution in [0.5, 0.6) is 0 Å². The van der Waals surface area contributed by atoms with E-state index in [1.165, 1.54) is 0 Å². The average molecular weight is 259 g/mol. The minimum Gasteiger partial charge on any atom is -0.389 e. The van der Waals surface area contributed by atoms with Gasteiger partial charge in [0.1, 0.15) is 11.6 Å². The Balaban J connectivity index is 2.29. The molecule has 1 aromatic rings. The molecule has 0 fully saturated rings. The summed E-state index contributed by atoms with van der Waals surface area (Å²) in [4.78, 5) is 0. The van der Waals surface area contributed by atoms with Crippen LogP contribution in [-0.2, 0) is 4.74 Å². The Bertz CT molecular complexity index is 361. The van der Waals surface area contributed by atoms with Crippen molar-refractivity contribution in [3.8, 4) is 0 Å². The fourth-order valence-electron chi connectivity index (χ4n) is 1.39. The summed E-state index contributed by atoms with van der Waals surface area (Å²) < 4.78 is 31.3. The molecule has 0 bridgehead atoms. The molecule has 1 atom stereocenters. The third kappa shape index (κ3) is 5.42. The van der Waals surface area contributed by atoms with Crippen LogP contribution >= 0.6 is 0 Å². The van der Waals surface area contributed by atoms with Gasteiger partial charge >= 0.3 is 0 Å². The number of rotatable bonds is 8. The van der Waals surface area contributed by atoms with Gasteiger partial charge in [0.25, 0.3) is 0 Å². The van der Waals surface area contributed by atoms with Crippen molar-refractivity contribution in [3.63, 3.8) is 0 Å². The Kier molecular flexibility index (Phi) is 6.60. The molecule has 0 heterocycles. The number of aliphatic hydroxyl groups excluding tert-OH is 1. The summed E-state index contributed by atoms with van der Waals surface area (Å²) in [7, 11) is 0. The van der Waals surface area contributed by atoms with Crippen molar-refractivity contribution in [2.75, 3.05) is 25.1 Å². The molecule has 5 heteroatoms. The van der Waals surface area contributed by atoms with Gasteiger partial charge in [-0.1, -0.05) is 13.3 Å². The van der Waals surface area contributed by atoms with E-state index in [4.69, 9.17) is 4.74 Å². The lowest BCUT2D eigenvalue weighted by molar-refractivity contribution is 0.0421. The van der Waals surface area contributed by atoms with Crippen LogP contribution in [0.4, 0.5) is 14.5 Å². The van der Waals surface area contributed by atoms with Crippen LogP contribution in [0.15, 0.2) is 18.2 Å². The van der Waals surface area contributed by atoms with E-state index < -0.39 is 17.7 Å². The monoisotopic (exact) mass is 259 g/mol. The van der Waals surface area contributed by atoms with Gasteiger partial charge < -0.3 is 15.2 Å². The second-order valence-corrected chi connectivity index (χ2v) is 4.09. The Morgan fingerprint density at radius 2 is 2.17 bits per heavy atom. The molecule has 1 unspecified atom stereocenters. The van der Waals surface area contributed by atoms with Crippen molar-refractivity contribution in [2.45, 2.75) is 25.9 Å². The van der Waals surface area contributed by atoms with Gasteiger partial charge in [0.05, 0.1) is 18.4 Å². The molecule has 0 saturated carbocycles. The number of benzene rings is 1. The Morgan fingerprint density at radius 3 is 2.89 bits per heavy atom. The number of hydrogen-bond donors (Lipinski definition) is 2. The number of anilines is 1. The number of hydrogen-bond acceptors (Lipinski definition) is 3. The van der Waals surface area contributed by atoms with Gasteiger partial charge in [0, 0.05) is 13.2 Å². The fraction of sp³-hybridized carbons (Fsp3) is 0.538. The summed E-state index contributed by atoms with van der Waals surface area (Å²) in [5, 5.41) is 12.2. The van der Waals surface area contributed by atoms with Gasteiger partial charge in [-0.3, -0.25) is 0 Å². The normalized spacial score (nSPS) is 12.4. The van der Waals surface area contributed by atoms with Crippen molar-refractivity contribution >= 4 is 5.69 Å². The van der Waals surface area contributed by atoms with Gasteiger partial charge in [-0.2, -0.15) is 0 Å². The van der Waals surface area contributed by atoms with Crippen LogP contribution in [0.1, 0.15) is 19.8 Å². The predicted octanol–water partition coefficient (Wildman–Crippen LogP) is 2.55. The quantitative estimate of drug-likeness (QED) is 0.705. The van der Waals surface area contributed by atoms with Crippen LogP contribution in [0.3, 0.4) is 0 Å². The van der Waals surface area contributed by atoms with E-state index in [2.05, 4.69) is 5.32 Å². The van der Waals surface area contributed by atoms with E-state index in [0.29, 0.717) is 6.61 Å². The summed E-state index contributed by atoms with van der Waals surface area (Å²) in [5.41, 5.74) is 0.0441. The summed E-state index contributed by atoms with van der Waals surface area (Å²) in [6.45, 7) is 2.95. The third-order valence-corrected chi connectivity index (χ3v) is 2.41. The first-order chi connectivity index (χ1) is 8.63. The maximum atomic E-state index is 13.2. The van der Waals surface area contributed by atoms with Gasteiger partial charge in [-0.15, -0.1) is 0 Å². The molecule has 0 radical (unpaired) electrons. The van der Waals surface area contributed by atoms with Crippen molar-refractivity contribution in [1.82, 2.24) is 0 Å². The zero-order chi connectivity index (χ0) is 13.4. The highest BCUT2D eigenvalue weighted by Crippen LogP contribution is 2.14. The summed E-state index contributed by atoms with van der Waals surface area (Å²) in [6.07, 6.45) is 1.23. The molecule has 102 valence electrons. The first-order valence-electron chi connectivity index (χ1n) is 6.08. The molecule has 0 aliphatic rings. The van der Waals surface area contributed by atoms with Crippen molar-refractivity contribution in [1.29, 1.82) is 0 Å². The fourth-order valence-corrected chi connectivity index (χ4v) is 1.39. The zero-order valence-electron chi connectivity index (χ0n) is 10.5. The number of unbranched alkanes of at least 4 members (excludes halogenated alkanes) is 1. The average Bonchev–Trinajstić information content (AvgIpc) is 2.36. The van der Waals surface area contributed by atoms with E-state index in [0.717, 1.165) is 31.0 Å². The minimum atomic E-state index is -0.746. The minimum absolute atomic E-state index is 0.0441. The van der Waals surface area contributed by atoms with Gasteiger partial charge in [0.2, 0.25) is 0 Å². The first kappa shape index (κ1) is 14.9. The van der Waals surface area contributed by atoms with E-state index in [-0.39, 0.29) is 18.8 Å². The molecule has 0 spiro atoms. The van der Waals surface area contributed by atoms with Crippen LogP contribution in [-0.4, -0.2) is 31.0 Å². The molecule has 2 N–H and O–H groups in total. The second-order valence-electron chi connectivity index (χ2n) is 4.09.